The van der Waals surface area contributed by atoms with Gasteiger partial charge in [-0.1, -0.05) is 0 Å². The van der Waals surface area contributed by atoms with Gasteiger partial charge in [0.15, 0.2) is 7.60 Å². The lowest BCUT2D eigenvalue weighted by Crippen LogP contribution is -1.79. The van der Waals surface area contributed by atoms with Crippen LogP contribution in [0.1, 0.15) is 0 Å². The van der Waals surface area contributed by atoms with E-state index in [1.54, 1.807) is 0 Å². The van der Waals surface area contributed by atoms with E-state index in [-0.39, 0.29) is 0 Å². The third kappa shape index (κ3) is 2.80. The van der Waals surface area contributed by atoms with Gasteiger partial charge in [-0.05, 0) is 0 Å². The van der Waals surface area contributed by atoms with Crippen LogP contribution in [0.25, 0.3) is 0 Å². The van der Waals surface area contributed by atoms with Gasteiger partial charge >= 0.3 is 0 Å². The molecule has 0 fully saturated rings. The number of hydrogen-bond acceptors (Lipinski definition) is 3. The maximum absolute atomic E-state index is 10.4. The van der Waals surface area contributed by atoms with Gasteiger partial charge in [-0.25, -0.2) is 6.66 Å². The zero-order chi connectivity index (χ0) is 5.91. The van der Waals surface area contributed by atoms with Crippen LogP contribution >= 0.6 is 7.60 Å². The zero-order valence-electron chi connectivity index (χ0n) is 4.38. The van der Waals surface area contributed by atoms with Gasteiger partial charge in [0.05, 0.1) is 0 Å². The molecule has 4 heteroatoms. The zero-order valence-corrected chi connectivity index (χ0v) is 5.27. The summed E-state index contributed by atoms with van der Waals surface area (Å²) in [5.41, 5.74) is 0. The predicted molar refractivity (Wildman–Crippen MR) is 27.0 cm³/mol. The maximum Gasteiger partial charge on any atom is 0.184 e. The van der Waals surface area contributed by atoms with Crippen molar-refractivity contribution in [3.05, 3.63) is 6.66 Å². The van der Waals surface area contributed by atoms with E-state index in [4.69, 9.17) is 0 Å². The summed E-state index contributed by atoms with van der Waals surface area (Å²) in [6, 6.07) is 0. The quantitative estimate of drug-likeness (QED) is 0.409. The van der Waals surface area contributed by atoms with Crippen molar-refractivity contribution < 1.29 is 13.6 Å². The maximum atomic E-state index is 10.4. The lowest BCUT2D eigenvalue weighted by atomic mass is 11.8. The van der Waals surface area contributed by atoms with Crippen LogP contribution in [0.4, 0.5) is 0 Å². The largest absolute Gasteiger partial charge is 0.335 e. The predicted octanol–water partition coefficient (Wildman–Crippen LogP) is 1.26. The Hall–Kier alpha value is 0.150. The first-order valence-electron chi connectivity index (χ1n) is 1.68. The minimum Gasteiger partial charge on any atom is -0.335 e. The van der Waals surface area contributed by atoms with Crippen LogP contribution in [0.5, 0.6) is 0 Å². The number of rotatable bonds is 2. The average molecular weight is 123 g/mol. The van der Waals surface area contributed by atoms with E-state index in [0.717, 1.165) is 0 Å². The highest BCUT2D eigenvalue weighted by Crippen LogP contribution is 2.43. The van der Waals surface area contributed by atoms with Crippen LogP contribution in [-0.4, -0.2) is 14.2 Å². The summed E-state index contributed by atoms with van der Waals surface area (Å²) in [4.78, 5) is 0. The molecule has 0 radical (unpaired) electrons. The Morgan fingerprint density at radius 1 is 1.43 bits per heavy atom. The first kappa shape index (κ1) is 7.15. The summed E-state index contributed by atoms with van der Waals surface area (Å²) < 4.78 is 19.0. The highest BCUT2D eigenvalue weighted by atomic mass is 31.2. The van der Waals surface area contributed by atoms with Crippen molar-refractivity contribution in [3.63, 3.8) is 0 Å². The van der Waals surface area contributed by atoms with E-state index in [1.807, 2.05) is 0 Å². The fourth-order valence-electron chi connectivity index (χ4n) is 0.0745. The fraction of sp³-hybridized carbons (Fsp3) is 0.667. The third-order valence-corrected chi connectivity index (χ3v) is 1.67. The molecule has 0 amide bonds. The summed E-state index contributed by atoms with van der Waals surface area (Å²) in [5, 5.41) is 0. The van der Waals surface area contributed by atoms with Crippen LogP contribution in [0, 0.1) is 6.66 Å². The smallest absolute Gasteiger partial charge is 0.184 e. The average Bonchev–Trinajstić information content (AvgIpc) is 1.68. The Morgan fingerprint density at radius 3 is 1.71 bits per heavy atom. The molecular weight excluding hydrogens is 115 g/mol. The van der Waals surface area contributed by atoms with E-state index in [2.05, 4.69) is 15.7 Å². The van der Waals surface area contributed by atoms with Gasteiger partial charge in [-0.15, -0.1) is 0 Å². The van der Waals surface area contributed by atoms with E-state index in [0.29, 0.717) is 0 Å². The molecule has 0 bridgehead atoms. The van der Waals surface area contributed by atoms with Crippen molar-refractivity contribution in [2.45, 2.75) is 0 Å². The highest BCUT2D eigenvalue weighted by molar-refractivity contribution is 7.55. The Labute approximate surface area is 43.2 Å². The van der Waals surface area contributed by atoms with E-state index >= 15 is 0 Å². The van der Waals surface area contributed by atoms with Crippen LogP contribution in [0.3, 0.4) is 0 Å². The molecule has 0 aliphatic carbocycles. The molecule has 7 heavy (non-hydrogen) atoms. The monoisotopic (exact) mass is 123 g/mol. The highest BCUT2D eigenvalue weighted by Gasteiger charge is 1.98. The van der Waals surface area contributed by atoms with Gasteiger partial charge in [0.2, 0.25) is 0 Å². The summed E-state index contributed by atoms with van der Waals surface area (Å²) in [6.07, 6.45) is 0. The molecule has 0 rings (SSSR count). The summed E-state index contributed by atoms with van der Waals surface area (Å²) in [5.74, 6) is 0. The Bertz CT molecular complexity index is 82.2. The van der Waals surface area contributed by atoms with Crippen LogP contribution in [0.2, 0.25) is 0 Å². The van der Waals surface area contributed by atoms with Crippen molar-refractivity contribution in [2.75, 3.05) is 14.2 Å². The normalized spacial score (nSPS) is 11.9. The molecule has 0 aliphatic rings. The van der Waals surface area contributed by atoms with Crippen molar-refractivity contribution in [1.29, 1.82) is 0 Å². The second-order valence-corrected chi connectivity index (χ2v) is 2.93. The molecular formula is C3H8O3P-. The standard InChI is InChI=1S/C3H8O3P/c1-5-7(3,4)6-2/h3H2,1-2H3/q-1. The molecule has 0 aromatic carbocycles. The topological polar surface area (TPSA) is 35.5 Å². The van der Waals surface area contributed by atoms with Gasteiger partial charge < -0.3 is 9.05 Å². The summed E-state index contributed by atoms with van der Waals surface area (Å²) in [7, 11) is -0.326. The van der Waals surface area contributed by atoms with Gasteiger partial charge in [-0.3, -0.25) is 4.57 Å². The molecule has 0 spiro atoms. The van der Waals surface area contributed by atoms with Gasteiger partial charge in [0.1, 0.15) is 0 Å². The number of hydrogen-bond donors (Lipinski definition) is 0. The molecule has 0 atom stereocenters. The van der Waals surface area contributed by atoms with Gasteiger partial charge in [-0.2, -0.15) is 0 Å². The lowest BCUT2D eigenvalue weighted by Gasteiger charge is -2.12. The van der Waals surface area contributed by atoms with E-state index in [1.165, 1.54) is 14.2 Å². The molecule has 0 saturated carbocycles. The first-order valence-corrected chi connectivity index (χ1v) is 3.41. The molecule has 44 valence electrons. The second kappa shape index (κ2) is 2.46. The van der Waals surface area contributed by atoms with Gasteiger partial charge in [0, 0.05) is 14.2 Å². The van der Waals surface area contributed by atoms with Crippen molar-refractivity contribution in [3.8, 4) is 0 Å². The molecule has 0 unspecified atom stereocenters. The molecule has 0 aliphatic heterocycles. The van der Waals surface area contributed by atoms with E-state index < -0.39 is 7.60 Å². The van der Waals surface area contributed by atoms with Crippen LogP contribution < -0.4 is 0 Å². The molecule has 0 N–H and O–H groups in total. The van der Waals surface area contributed by atoms with Crippen molar-refractivity contribution in [1.82, 2.24) is 0 Å². The van der Waals surface area contributed by atoms with Crippen LogP contribution in [0.15, 0.2) is 0 Å². The third-order valence-electron chi connectivity index (χ3n) is 0.556. The van der Waals surface area contributed by atoms with Crippen molar-refractivity contribution >= 4 is 7.60 Å². The fourth-order valence-corrected chi connectivity index (χ4v) is 0.224. The minimum atomic E-state index is -2.90. The first-order chi connectivity index (χ1) is 3.12. The molecule has 0 heterocycles. The Kier molecular flexibility index (Phi) is 2.51. The SMILES string of the molecule is [CH2-]P(=O)(OC)OC. The molecule has 3 nitrogen and oxygen atoms in total. The molecule has 0 aromatic rings. The Balaban J connectivity index is 3.61. The van der Waals surface area contributed by atoms with Crippen molar-refractivity contribution in [2.24, 2.45) is 0 Å². The van der Waals surface area contributed by atoms with Gasteiger partial charge in [0.25, 0.3) is 0 Å². The minimum absolute atomic E-state index is 1.29. The lowest BCUT2D eigenvalue weighted by molar-refractivity contribution is 0.285. The second-order valence-electron chi connectivity index (χ2n) is 0.976. The van der Waals surface area contributed by atoms with Crippen LogP contribution in [-0.2, 0) is 13.6 Å². The molecule has 0 aromatic heterocycles. The summed E-state index contributed by atoms with van der Waals surface area (Å²) >= 11 is 0. The van der Waals surface area contributed by atoms with E-state index in [9.17, 15) is 4.57 Å². The molecule has 0 saturated heterocycles. The summed E-state index contributed by atoms with van der Waals surface area (Å²) in [6.45, 7) is 3.12. The Morgan fingerprint density at radius 2 is 1.71 bits per heavy atom.